The van der Waals surface area contributed by atoms with Gasteiger partial charge in [-0.3, -0.25) is 4.72 Å². The molecule has 0 radical (unpaired) electrons. The van der Waals surface area contributed by atoms with Crippen LogP contribution in [0.4, 0.5) is 5.95 Å². The molecule has 0 aliphatic carbocycles. The van der Waals surface area contributed by atoms with Crippen molar-refractivity contribution in [2.75, 3.05) is 24.1 Å². The summed E-state index contributed by atoms with van der Waals surface area (Å²) in [5.41, 5.74) is 8.58. The van der Waals surface area contributed by atoms with Crippen molar-refractivity contribution in [1.82, 2.24) is 9.97 Å². The number of rotatable bonds is 8. The molecule has 2 aliphatic rings. The van der Waals surface area contributed by atoms with Gasteiger partial charge < -0.3 is 15.2 Å². The first-order valence-electron chi connectivity index (χ1n) is 10.8. The molecule has 8 nitrogen and oxygen atoms in total. The van der Waals surface area contributed by atoms with E-state index < -0.39 is 10.0 Å². The molecule has 0 amide bonds. The van der Waals surface area contributed by atoms with Crippen LogP contribution in [0.25, 0.3) is 0 Å². The number of benzene rings is 2. The van der Waals surface area contributed by atoms with E-state index in [1.165, 1.54) is 5.56 Å². The summed E-state index contributed by atoms with van der Waals surface area (Å²) in [5.74, 6) is 1.82. The van der Waals surface area contributed by atoms with Crippen LogP contribution in [0.1, 0.15) is 35.6 Å². The van der Waals surface area contributed by atoms with Gasteiger partial charge in [-0.25, -0.2) is 18.4 Å². The van der Waals surface area contributed by atoms with Gasteiger partial charge in [-0.15, -0.1) is 12.4 Å². The summed E-state index contributed by atoms with van der Waals surface area (Å²) >= 11 is 0. The lowest BCUT2D eigenvalue weighted by atomic mass is 9.77. The smallest absolute Gasteiger partial charge is 0.236 e. The summed E-state index contributed by atoms with van der Waals surface area (Å²) in [4.78, 5) is 8.42. The highest BCUT2D eigenvalue weighted by Gasteiger charge is 2.33. The zero-order valence-corrected chi connectivity index (χ0v) is 20.7. The molecular formula is C24H29ClN4O4S. The molecule has 2 aliphatic heterocycles. The summed E-state index contributed by atoms with van der Waals surface area (Å²) in [7, 11) is -3.47. The number of fused-ring (bicyclic) bond motifs is 5. The molecule has 3 unspecified atom stereocenters. The van der Waals surface area contributed by atoms with Gasteiger partial charge in [-0.1, -0.05) is 31.2 Å². The molecule has 3 N–H and O–H groups in total. The van der Waals surface area contributed by atoms with E-state index in [9.17, 15) is 8.42 Å². The van der Waals surface area contributed by atoms with E-state index >= 15 is 0 Å². The lowest BCUT2D eigenvalue weighted by molar-refractivity contribution is 0.153. The maximum Gasteiger partial charge on any atom is 0.236 e. The predicted molar refractivity (Wildman–Crippen MR) is 134 cm³/mol. The molecule has 2 aromatic carbocycles. The Morgan fingerprint density at radius 3 is 2.38 bits per heavy atom. The average Bonchev–Trinajstić information content (AvgIpc) is 2.77. The number of aromatic nitrogens is 2. The third kappa shape index (κ3) is 6.37. The highest BCUT2D eigenvalue weighted by atomic mass is 35.5. The first-order chi connectivity index (χ1) is 15.8. The molecule has 0 saturated carbocycles. The van der Waals surface area contributed by atoms with E-state index in [0.717, 1.165) is 23.3 Å². The van der Waals surface area contributed by atoms with Crippen molar-refractivity contribution in [2.45, 2.75) is 31.3 Å². The van der Waals surface area contributed by atoms with Gasteiger partial charge in [0, 0.05) is 30.8 Å². The van der Waals surface area contributed by atoms with Gasteiger partial charge >= 0.3 is 0 Å². The summed E-state index contributed by atoms with van der Waals surface area (Å²) in [6.07, 6.45) is 2.88. The standard InChI is InChI=1S/C24H28N4O4S.ClH/c1-16-17-3-9-21(10-4-17)32-22(15-19-11-13-26-24(27-19)28-33(2,29)30)23(16)18-5-7-20(8-6-18)31-14-12-25;/h3-11,13,16,22-23H,12,14-15,25H2,1-2H3,(H,26,27,28);1H. The molecule has 3 aromatic rings. The first kappa shape index (κ1) is 25.7. The normalized spacial score (nSPS) is 19.3. The Balaban J connectivity index is 0.00000324. The SMILES string of the molecule is CC1c2ccc(cc2)OC(Cc2ccnc(NS(C)(=O)=O)n2)C1c1ccc(OCCN)cc1.Cl. The van der Waals surface area contributed by atoms with Crippen molar-refractivity contribution in [3.05, 3.63) is 77.6 Å². The van der Waals surface area contributed by atoms with Crippen LogP contribution in [-0.4, -0.2) is 43.9 Å². The molecule has 34 heavy (non-hydrogen) atoms. The quantitative estimate of drug-likeness (QED) is 0.482. The van der Waals surface area contributed by atoms with Crippen LogP contribution in [0.2, 0.25) is 0 Å². The fourth-order valence-electron chi connectivity index (χ4n) is 4.19. The van der Waals surface area contributed by atoms with Crippen LogP contribution in [0.3, 0.4) is 0 Å². The number of hydrogen-bond donors (Lipinski definition) is 2. The number of nitrogens with zero attached hydrogens (tertiary/aromatic N) is 2. The number of halogens is 1. The minimum absolute atomic E-state index is 0. The van der Waals surface area contributed by atoms with Crippen LogP contribution in [0.15, 0.2) is 60.8 Å². The van der Waals surface area contributed by atoms with E-state index in [-0.39, 0.29) is 36.3 Å². The molecular weight excluding hydrogens is 476 g/mol. The summed E-state index contributed by atoms with van der Waals surface area (Å²) in [6, 6.07) is 18.0. The highest BCUT2D eigenvalue weighted by Crippen LogP contribution is 2.41. The van der Waals surface area contributed by atoms with E-state index in [1.54, 1.807) is 12.3 Å². The van der Waals surface area contributed by atoms with Crippen molar-refractivity contribution < 1.29 is 17.9 Å². The Morgan fingerprint density at radius 2 is 1.74 bits per heavy atom. The van der Waals surface area contributed by atoms with Crippen LogP contribution < -0.4 is 19.9 Å². The van der Waals surface area contributed by atoms with Crippen molar-refractivity contribution in [1.29, 1.82) is 0 Å². The Hall–Kier alpha value is -2.88. The molecule has 1 aromatic heterocycles. The first-order valence-corrected chi connectivity index (χ1v) is 12.7. The second-order valence-electron chi connectivity index (χ2n) is 8.20. The van der Waals surface area contributed by atoms with Gasteiger partial charge in [0.1, 0.15) is 24.2 Å². The largest absolute Gasteiger partial charge is 0.492 e. The van der Waals surface area contributed by atoms with E-state index in [1.807, 2.05) is 24.3 Å². The average molecular weight is 505 g/mol. The van der Waals surface area contributed by atoms with Gasteiger partial charge in [0.25, 0.3) is 0 Å². The molecule has 0 saturated heterocycles. The van der Waals surface area contributed by atoms with E-state index in [0.29, 0.717) is 25.3 Å². The van der Waals surface area contributed by atoms with Gasteiger partial charge in [0.15, 0.2) is 0 Å². The van der Waals surface area contributed by atoms with Gasteiger partial charge in [0.05, 0.1) is 6.26 Å². The third-order valence-electron chi connectivity index (χ3n) is 5.68. The molecule has 182 valence electrons. The Labute approximate surface area is 206 Å². The lowest BCUT2D eigenvalue weighted by Crippen LogP contribution is -2.33. The van der Waals surface area contributed by atoms with Crippen LogP contribution in [-0.2, 0) is 16.4 Å². The molecule has 10 heteroatoms. The number of ether oxygens (including phenoxy) is 2. The Bertz CT molecular complexity index is 1190. The zero-order chi connectivity index (χ0) is 23.4. The zero-order valence-electron chi connectivity index (χ0n) is 19.0. The maximum absolute atomic E-state index is 11.6. The fraction of sp³-hybridized carbons (Fsp3) is 0.333. The van der Waals surface area contributed by atoms with E-state index in [2.05, 4.69) is 45.9 Å². The van der Waals surface area contributed by atoms with Gasteiger partial charge in [-0.2, -0.15) is 0 Å². The monoisotopic (exact) mass is 504 g/mol. The van der Waals surface area contributed by atoms with Crippen LogP contribution >= 0.6 is 12.4 Å². The fourth-order valence-corrected chi connectivity index (χ4v) is 4.62. The van der Waals surface area contributed by atoms with Gasteiger partial charge in [-0.05, 0) is 47.4 Å². The minimum atomic E-state index is -3.47. The third-order valence-corrected chi connectivity index (χ3v) is 6.24. The number of anilines is 1. The second kappa shape index (κ2) is 11.0. The number of nitrogens with one attached hydrogen (secondary N) is 1. The molecule has 0 spiro atoms. The van der Waals surface area contributed by atoms with Crippen molar-refractivity contribution in [3.8, 4) is 11.5 Å². The minimum Gasteiger partial charge on any atom is -0.492 e. The number of nitrogens with two attached hydrogens (primary N) is 1. The summed E-state index contributed by atoms with van der Waals surface area (Å²) in [5, 5.41) is 0. The van der Waals surface area contributed by atoms with Crippen LogP contribution in [0.5, 0.6) is 11.5 Å². The van der Waals surface area contributed by atoms with Crippen molar-refractivity contribution >= 4 is 28.4 Å². The Kier molecular flexibility index (Phi) is 8.35. The molecule has 3 atom stereocenters. The van der Waals surface area contributed by atoms with E-state index in [4.69, 9.17) is 15.2 Å². The second-order valence-corrected chi connectivity index (χ2v) is 9.94. The number of hydrogen-bond acceptors (Lipinski definition) is 7. The maximum atomic E-state index is 11.6. The topological polar surface area (TPSA) is 116 Å². The predicted octanol–water partition coefficient (Wildman–Crippen LogP) is 3.50. The van der Waals surface area contributed by atoms with Crippen molar-refractivity contribution in [2.24, 2.45) is 5.73 Å². The van der Waals surface area contributed by atoms with Gasteiger partial charge in [0.2, 0.25) is 16.0 Å². The van der Waals surface area contributed by atoms with Crippen LogP contribution in [0, 0.1) is 0 Å². The van der Waals surface area contributed by atoms with Crippen molar-refractivity contribution in [3.63, 3.8) is 0 Å². The summed E-state index contributed by atoms with van der Waals surface area (Å²) < 4.78 is 37.6. The molecule has 5 rings (SSSR count). The Morgan fingerprint density at radius 1 is 1.06 bits per heavy atom. The highest BCUT2D eigenvalue weighted by molar-refractivity contribution is 7.91. The number of sulfonamides is 1. The molecule has 3 heterocycles. The summed E-state index contributed by atoms with van der Waals surface area (Å²) in [6.45, 7) is 3.12. The lowest BCUT2D eigenvalue weighted by Gasteiger charge is -2.35. The molecule has 2 bridgehead atoms. The molecule has 0 fully saturated rings.